The van der Waals surface area contributed by atoms with Crippen LogP contribution in [0.2, 0.25) is 0 Å². The molecule has 2 aliphatic rings. The van der Waals surface area contributed by atoms with Crippen LogP contribution in [0.15, 0.2) is 4.99 Å². The third kappa shape index (κ3) is 3.09. The zero-order valence-electron chi connectivity index (χ0n) is 9.63. The molecule has 4 nitrogen and oxygen atoms in total. The lowest BCUT2D eigenvalue weighted by Crippen LogP contribution is -2.40. The zero-order chi connectivity index (χ0) is 10.5. The number of aliphatic imine (C=N–C) groups is 1. The molecule has 0 saturated heterocycles. The van der Waals surface area contributed by atoms with E-state index in [2.05, 4.69) is 27.6 Å². The molecule has 0 spiro atoms. The van der Waals surface area contributed by atoms with Gasteiger partial charge in [-0.1, -0.05) is 12.8 Å². The largest absolute Gasteiger partial charge is 0.355 e. The quantitative estimate of drug-likeness (QED) is 0.706. The first-order valence-corrected chi connectivity index (χ1v) is 6.09. The van der Waals surface area contributed by atoms with Crippen molar-refractivity contribution in [2.24, 2.45) is 4.99 Å². The fraction of sp³-hybridized carbons (Fsp3) is 0.909. The van der Waals surface area contributed by atoms with Crippen LogP contribution in [0.4, 0.5) is 0 Å². The van der Waals surface area contributed by atoms with E-state index in [1.807, 2.05) is 0 Å². The van der Waals surface area contributed by atoms with Crippen LogP contribution in [0.1, 0.15) is 25.7 Å². The summed E-state index contributed by atoms with van der Waals surface area (Å²) in [5, 5.41) is 6.55. The second kappa shape index (κ2) is 5.35. The molecule has 0 bridgehead atoms. The van der Waals surface area contributed by atoms with Crippen LogP contribution >= 0.6 is 0 Å². The summed E-state index contributed by atoms with van der Waals surface area (Å²) < 4.78 is 0. The number of hydrogen-bond acceptors (Lipinski definition) is 4. The summed E-state index contributed by atoms with van der Waals surface area (Å²) in [5.74, 6) is 0.981. The van der Waals surface area contributed by atoms with Gasteiger partial charge in [-0.05, 0) is 19.9 Å². The summed E-state index contributed by atoms with van der Waals surface area (Å²) in [6.07, 6.45) is 5.60. The van der Waals surface area contributed by atoms with Crippen molar-refractivity contribution in [1.29, 1.82) is 0 Å². The van der Waals surface area contributed by atoms with Crippen molar-refractivity contribution in [3.8, 4) is 0 Å². The predicted molar refractivity (Wildman–Crippen MR) is 63.2 cm³/mol. The molecule has 2 rings (SSSR count). The number of hydrogen-bond donors (Lipinski definition) is 2. The minimum Gasteiger partial charge on any atom is -0.355 e. The molecular formula is C11H22N4. The first-order chi connectivity index (χ1) is 7.36. The number of rotatable bonds is 4. The van der Waals surface area contributed by atoms with Crippen LogP contribution in [0.3, 0.4) is 0 Å². The van der Waals surface area contributed by atoms with E-state index in [4.69, 9.17) is 0 Å². The fourth-order valence-electron chi connectivity index (χ4n) is 2.39. The topological polar surface area (TPSA) is 39.7 Å². The Labute approximate surface area is 92.1 Å². The van der Waals surface area contributed by atoms with Crippen molar-refractivity contribution < 1.29 is 0 Å². The zero-order valence-corrected chi connectivity index (χ0v) is 9.63. The Balaban J connectivity index is 1.60. The molecule has 1 aliphatic heterocycles. The van der Waals surface area contributed by atoms with Crippen molar-refractivity contribution in [2.75, 3.05) is 33.2 Å². The molecule has 0 aromatic rings. The van der Waals surface area contributed by atoms with Gasteiger partial charge in [0.1, 0.15) is 0 Å². The molecule has 86 valence electrons. The Kier molecular flexibility index (Phi) is 3.83. The number of nitrogens with one attached hydrogen (secondary N) is 2. The van der Waals surface area contributed by atoms with E-state index in [0.29, 0.717) is 0 Å². The van der Waals surface area contributed by atoms with E-state index < -0.39 is 0 Å². The molecule has 2 N–H and O–H groups in total. The summed E-state index contributed by atoms with van der Waals surface area (Å²) in [6.45, 7) is 4.02. The standard InChI is InChI=1S/C11H22N4/c1-15(10-4-2-3-5-10)9-8-14-11-12-6-7-13-11/h10H,2-9H2,1H3,(H2,12,13,14). The van der Waals surface area contributed by atoms with Crippen molar-refractivity contribution in [2.45, 2.75) is 31.7 Å². The number of guanidine groups is 1. The predicted octanol–water partition coefficient (Wildman–Crippen LogP) is 0.410. The van der Waals surface area contributed by atoms with Gasteiger partial charge in [-0.15, -0.1) is 0 Å². The third-order valence-electron chi connectivity index (χ3n) is 3.38. The highest BCUT2D eigenvalue weighted by molar-refractivity contribution is 5.81. The van der Waals surface area contributed by atoms with Gasteiger partial charge < -0.3 is 15.5 Å². The molecule has 4 heteroatoms. The van der Waals surface area contributed by atoms with Gasteiger partial charge in [-0.2, -0.15) is 0 Å². The Bertz CT molecular complexity index is 221. The summed E-state index contributed by atoms with van der Waals surface area (Å²) in [6, 6.07) is 0.824. The second-order valence-corrected chi connectivity index (χ2v) is 4.50. The van der Waals surface area contributed by atoms with Crippen molar-refractivity contribution in [3.63, 3.8) is 0 Å². The van der Waals surface area contributed by atoms with Gasteiger partial charge >= 0.3 is 0 Å². The summed E-state index contributed by atoms with van der Waals surface area (Å²) in [7, 11) is 2.24. The lowest BCUT2D eigenvalue weighted by molar-refractivity contribution is 0.249. The van der Waals surface area contributed by atoms with Gasteiger partial charge in [-0.25, -0.2) is 0 Å². The lowest BCUT2D eigenvalue weighted by atomic mass is 10.2. The summed E-state index contributed by atoms with van der Waals surface area (Å²) in [5.41, 5.74) is 0. The Morgan fingerprint density at radius 1 is 1.47 bits per heavy atom. The van der Waals surface area contributed by atoms with E-state index in [1.165, 1.54) is 25.7 Å². The molecule has 1 fully saturated rings. The summed E-state index contributed by atoms with van der Waals surface area (Å²) in [4.78, 5) is 6.79. The molecule has 0 radical (unpaired) electrons. The molecule has 0 aromatic carbocycles. The molecule has 0 unspecified atom stereocenters. The first-order valence-electron chi connectivity index (χ1n) is 6.09. The van der Waals surface area contributed by atoms with E-state index in [0.717, 1.165) is 38.2 Å². The van der Waals surface area contributed by atoms with Crippen molar-refractivity contribution >= 4 is 5.96 Å². The number of likely N-dealkylation sites (N-methyl/N-ethyl adjacent to an activating group) is 1. The molecule has 1 heterocycles. The van der Waals surface area contributed by atoms with Gasteiger partial charge in [0.05, 0.1) is 6.54 Å². The Morgan fingerprint density at radius 2 is 2.27 bits per heavy atom. The average molecular weight is 210 g/mol. The van der Waals surface area contributed by atoms with Gasteiger partial charge in [0.25, 0.3) is 0 Å². The minimum absolute atomic E-state index is 0.824. The highest BCUT2D eigenvalue weighted by Crippen LogP contribution is 2.21. The lowest BCUT2D eigenvalue weighted by Gasteiger charge is -2.24. The van der Waals surface area contributed by atoms with Gasteiger partial charge in [0.15, 0.2) is 5.96 Å². The van der Waals surface area contributed by atoms with Crippen molar-refractivity contribution in [1.82, 2.24) is 15.5 Å². The third-order valence-corrected chi connectivity index (χ3v) is 3.38. The molecule has 15 heavy (non-hydrogen) atoms. The van der Waals surface area contributed by atoms with Crippen LogP contribution in [-0.4, -0.2) is 50.1 Å². The normalized spacial score (nSPS) is 21.9. The van der Waals surface area contributed by atoms with Crippen LogP contribution in [0.25, 0.3) is 0 Å². The molecule has 1 saturated carbocycles. The van der Waals surface area contributed by atoms with Gasteiger partial charge in [-0.3, -0.25) is 4.99 Å². The highest BCUT2D eigenvalue weighted by atomic mass is 15.2. The van der Waals surface area contributed by atoms with E-state index in [1.54, 1.807) is 0 Å². The maximum absolute atomic E-state index is 4.31. The molecular weight excluding hydrogens is 188 g/mol. The molecule has 0 atom stereocenters. The van der Waals surface area contributed by atoms with Gasteiger partial charge in [0.2, 0.25) is 0 Å². The van der Waals surface area contributed by atoms with Gasteiger partial charge in [0, 0.05) is 25.7 Å². The van der Waals surface area contributed by atoms with Crippen LogP contribution < -0.4 is 10.6 Å². The fourth-order valence-corrected chi connectivity index (χ4v) is 2.39. The maximum atomic E-state index is 4.31. The SMILES string of the molecule is CN(CCNC1=NCCN1)C1CCCC1. The Hall–Kier alpha value is -0.770. The van der Waals surface area contributed by atoms with E-state index in [9.17, 15) is 0 Å². The smallest absolute Gasteiger partial charge is 0.191 e. The van der Waals surface area contributed by atoms with Crippen LogP contribution in [0, 0.1) is 0 Å². The Morgan fingerprint density at radius 3 is 2.93 bits per heavy atom. The molecule has 0 amide bonds. The molecule has 1 aliphatic carbocycles. The average Bonchev–Trinajstić information content (AvgIpc) is 2.90. The van der Waals surface area contributed by atoms with E-state index in [-0.39, 0.29) is 0 Å². The van der Waals surface area contributed by atoms with Crippen molar-refractivity contribution in [3.05, 3.63) is 0 Å². The van der Waals surface area contributed by atoms with Crippen LogP contribution in [0.5, 0.6) is 0 Å². The van der Waals surface area contributed by atoms with E-state index >= 15 is 0 Å². The molecule has 0 aromatic heterocycles. The highest BCUT2D eigenvalue weighted by Gasteiger charge is 2.18. The summed E-state index contributed by atoms with van der Waals surface area (Å²) >= 11 is 0. The van der Waals surface area contributed by atoms with Crippen LogP contribution in [-0.2, 0) is 0 Å². The monoisotopic (exact) mass is 210 g/mol. The number of nitrogens with zero attached hydrogens (tertiary/aromatic N) is 2. The second-order valence-electron chi connectivity index (χ2n) is 4.50. The maximum Gasteiger partial charge on any atom is 0.191 e. The minimum atomic E-state index is 0.824. The first kappa shape index (κ1) is 10.7.